The molecule has 1 aliphatic rings. The minimum atomic E-state index is -0.270. The number of piperidine rings is 1. The number of hydrogen-bond donors (Lipinski definition) is 2. The van der Waals surface area contributed by atoms with Gasteiger partial charge < -0.3 is 10.6 Å². The molecule has 6 heteroatoms. The molecule has 2 N–H and O–H groups in total. The second kappa shape index (κ2) is 5.06. The van der Waals surface area contributed by atoms with Crippen molar-refractivity contribution in [1.82, 2.24) is 15.1 Å². The maximum Gasteiger partial charge on any atom is 0.287 e. The highest BCUT2D eigenvalue weighted by Gasteiger charge is 2.21. The normalized spacial score (nSPS) is 24.6. The molecule has 0 saturated carbocycles. The molecule has 1 aromatic rings. The molecule has 0 aromatic carbocycles. The fourth-order valence-electron chi connectivity index (χ4n) is 2.05. The lowest BCUT2D eigenvalue weighted by Crippen LogP contribution is -2.46. The Hall–Kier alpha value is -1.07. The Morgan fingerprint density at radius 3 is 3.12 bits per heavy atom. The standard InChI is InChI=1S/C11H17ClN4O/c1-7-8(4-3-5-13-7)15-9-6-14-16(2)11(17)10(9)12/h6-8,13,15H,3-5H2,1-2H3. The molecule has 1 saturated heterocycles. The van der Waals surface area contributed by atoms with E-state index in [1.165, 1.54) is 4.68 Å². The highest BCUT2D eigenvalue weighted by Crippen LogP contribution is 2.20. The third-order valence-corrected chi connectivity index (χ3v) is 3.55. The van der Waals surface area contributed by atoms with Gasteiger partial charge in [0, 0.05) is 19.1 Å². The average Bonchev–Trinajstić information content (AvgIpc) is 2.32. The van der Waals surface area contributed by atoms with Crippen LogP contribution in [0.5, 0.6) is 0 Å². The molecule has 0 radical (unpaired) electrons. The van der Waals surface area contributed by atoms with E-state index in [0.717, 1.165) is 19.4 Å². The van der Waals surface area contributed by atoms with Gasteiger partial charge in [0.15, 0.2) is 0 Å². The fourth-order valence-corrected chi connectivity index (χ4v) is 2.28. The van der Waals surface area contributed by atoms with E-state index in [1.807, 2.05) is 0 Å². The number of aryl methyl sites for hydroxylation is 1. The smallest absolute Gasteiger partial charge is 0.287 e. The molecule has 0 bridgehead atoms. The Morgan fingerprint density at radius 2 is 2.41 bits per heavy atom. The largest absolute Gasteiger partial charge is 0.378 e. The van der Waals surface area contributed by atoms with E-state index in [9.17, 15) is 4.79 Å². The monoisotopic (exact) mass is 256 g/mol. The predicted octanol–water partition coefficient (Wildman–Crippen LogP) is 0.986. The van der Waals surface area contributed by atoms with E-state index in [-0.39, 0.29) is 16.6 Å². The lowest BCUT2D eigenvalue weighted by molar-refractivity contribution is 0.389. The number of nitrogens with zero attached hydrogens (tertiary/aromatic N) is 2. The van der Waals surface area contributed by atoms with Gasteiger partial charge in [-0.15, -0.1) is 0 Å². The van der Waals surface area contributed by atoms with Crippen molar-refractivity contribution in [3.63, 3.8) is 0 Å². The van der Waals surface area contributed by atoms with Crippen LogP contribution in [-0.4, -0.2) is 28.4 Å². The van der Waals surface area contributed by atoms with Crippen LogP contribution in [0, 0.1) is 0 Å². The van der Waals surface area contributed by atoms with Gasteiger partial charge in [0.25, 0.3) is 5.56 Å². The van der Waals surface area contributed by atoms with Crippen LogP contribution in [0.15, 0.2) is 11.0 Å². The SMILES string of the molecule is CC1NCCCC1Nc1cnn(C)c(=O)c1Cl. The van der Waals surface area contributed by atoms with Gasteiger partial charge in [-0.3, -0.25) is 4.79 Å². The van der Waals surface area contributed by atoms with Crippen LogP contribution in [0.4, 0.5) is 5.69 Å². The number of hydrogen-bond acceptors (Lipinski definition) is 4. The minimum Gasteiger partial charge on any atom is -0.378 e. The topological polar surface area (TPSA) is 59.0 Å². The number of aromatic nitrogens is 2. The van der Waals surface area contributed by atoms with Crippen molar-refractivity contribution in [1.29, 1.82) is 0 Å². The van der Waals surface area contributed by atoms with Gasteiger partial charge in [0.1, 0.15) is 5.02 Å². The summed E-state index contributed by atoms with van der Waals surface area (Å²) in [6.07, 6.45) is 3.79. The summed E-state index contributed by atoms with van der Waals surface area (Å²) in [5, 5.41) is 10.9. The van der Waals surface area contributed by atoms with Crippen molar-refractivity contribution in [2.45, 2.75) is 31.8 Å². The van der Waals surface area contributed by atoms with Crippen molar-refractivity contribution < 1.29 is 0 Å². The summed E-state index contributed by atoms with van der Waals surface area (Å²) in [7, 11) is 1.59. The number of rotatable bonds is 2. The van der Waals surface area contributed by atoms with Gasteiger partial charge in [0.05, 0.1) is 11.9 Å². The van der Waals surface area contributed by atoms with E-state index in [4.69, 9.17) is 11.6 Å². The van der Waals surface area contributed by atoms with Crippen LogP contribution in [0.25, 0.3) is 0 Å². The van der Waals surface area contributed by atoms with Crippen LogP contribution >= 0.6 is 11.6 Å². The summed E-state index contributed by atoms with van der Waals surface area (Å²) in [6, 6.07) is 0.652. The first-order valence-corrected chi connectivity index (χ1v) is 6.19. The van der Waals surface area contributed by atoms with Crippen LogP contribution in [-0.2, 0) is 7.05 Å². The molecule has 2 rings (SSSR count). The second-order valence-corrected chi connectivity index (χ2v) is 4.81. The van der Waals surface area contributed by atoms with Crippen molar-refractivity contribution in [2.24, 2.45) is 7.05 Å². The van der Waals surface area contributed by atoms with Crippen molar-refractivity contribution >= 4 is 17.3 Å². The van der Waals surface area contributed by atoms with E-state index in [1.54, 1.807) is 13.2 Å². The molecule has 0 spiro atoms. The minimum absolute atomic E-state index is 0.209. The first kappa shape index (κ1) is 12.4. The van der Waals surface area contributed by atoms with Crippen molar-refractivity contribution in [2.75, 3.05) is 11.9 Å². The highest BCUT2D eigenvalue weighted by molar-refractivity contribution is 6.32. The third-order valence-electron chi connectivity index (χ3n) is 3.18. The summed E-state index contributed by atoms with van der Waals surface area (Å²) in [6.45, 7) is 3.17. The van der Waals surface area contributed by atoms with Gasteiger partial charge in [-0.1, -0.05) is 11.6 Å². The first-order chi connectivity index (χ1) is 8.09. The van der Waals surface area contributed by atoms with Crippen LogP contribution in [0.2, 0.25) is 5.02 Å². The molecule has 1 fully saturated rings. The zero-order valence-corrected chi connectivity index (χ0v) is 10.8. The zero-order valence-electron chi connectivity index (χ0n) is 10.0. The predicted molar refractivity (Wildman–Crippen MR) is 68.6 cm³/mol. The Balaban J connectivity index is 2.18. The molecule has 0 aliphatic carbocycles. The van der Waals surface area contributed by atoms with Crippen LogP contribution in [0.3, 0.4) is 0 Å². The fraction of sp³-hybridized carbons (Fsp3) is 0.636. The Morgan fingerprint density at radius 1 is 1.65 bits per heavy atom. The molecule has 2 atom stereocenters. The highest BCUT2D eigenvalue weighted by atomic mass is 35.5. The molecule has 2 unspecified atom stereocenters. The Kier molecular flexibility index (Phi) is 3.69. The third kappa shape index (κ3) is 2.61. The number of anilines is 1. The number of halogens is 1. The van der Waals surface area contributed by atoms with E-state index in [0.29, 0.717) is 11.7 Å². The molecule has 0 amide bonds. The van der Waals surface area contributed by atoms with Gasteiger partial charge in [-0.2, -0.15) is 5.10 Å². The van der Waals surface area contributed by atoms with Crippen LogP contribution in [0.1, 0.15) is 19.8 Å². The molecular weight excluding hydrogens is 240 g/mol. The second-order valence-electron chi connectivity index (χ2n) is 4.44. The zero-order chi connectivity index (χ0) is 12.4. The van der Waals surface area contributed by atoms with Gasteiger partial charge >= 0.3 is 0 Å². The maximum atomic E-state index is 11.6. The maximum absolute atomic E-state index is 11.6. The van der Waals surface area contributed by atoms with E-state index >= 15 is 0 Å². The van der Waals surface area contributed by atoms with Gasteiger partial charge in [-0.05, 0) is 26.3 Å². The van der Waals surface area contributed by atoms with E-state index in [2.05, 4.69) is 22.7 Å². The van der Waals surface area contributed by atoms with Gasteiger partial charge in [0.2, 0.25) is 0 Å². The molecule has 1 aliphatic heterocycles. The Bertz CT molecular complexity index is 459. The summed E-state index contributed by atoms with van der Waals surface area (Å²) in [5.74, 6) is 0. The molecule has 5 nitrogen and oxygen atoms in total. The average molecular weight is 257 g/mol. The van der Waals surface area contributed by atoms with Crippen molar-refractivity contribution in [3.05, 3.63) is 21.6 Å². The molecular formula is C11H17ClN4O. The summed E-state index contributed by atoms with van der Waals surface area (Å²) in [5.41, 5.74) is 0.350. The van der Waals surface area contributed by atoms with E-state index < -0.39 is 0 Å². The molecule has 2 heterocycles. The Labute approximate surface area is 105 Å². The summed E-state index contributed by atoms with van der Waals surface area (Å²) in [4.78, 5) is 11.6. The number of nitrogens with one attached hydrogen (secondary N) is 2. The lowest BCUT2D eigenvalue weighted by atomic mass is 10.00. The van der Waals surface area contributed by atoms with Gasteiger partial charge in [-0.25, -0.2) is 4.68 Å². The summed E-state index contributed by atoms with van der Waals surface area (Å²) >= 11 is 6.01. The quantitative estimate of drug-likeness (QED) is 0.829. The molecule has 94 valence electrons. The van der Waals surface area contributed by atoms with Crippen LogP contribution < -0.4 is 16.2 Å². The molecule has 17 heavy (non-hydrogen) atoms. The van der Waals surface area contributed by atoms with Crippen molar-refractivity contribution in [3.8, 4) is 0 Å². The first-order valence-electron chi connectivity index (χ1n) is 5.81. The lowest BCUT2D eigenvalue weighted by Gasteiger charge is -2.31. The summed E-state index contributed by atoms with van der Waals surface area (Å²) < 4.78 is 1.23. The molecule has 1 aromatic heterocycles.